The van der Waals surface area contributed by atoms with Crippen molar-refractivity contribution in [3.05, 3.63) is 29.0 Å². The highest BCUT2D eigenvalue weighted by atomic mass is 35.5. The molecular formula is C17H22ClN3. The topological polar surface area (TPSA) is 29.9 Å². The fourth-order valence-corrected chi connectivity index (χ4v) is 4.59. The number of rotatable bonds is 3. The number of halogens is 1. The minimum absolute atomic E-state index is 0.410. The summed E-state index contributed by atoms with van der Waals surface area (Å²) in [6, 6.07) is 6.46. The number of hydrogen-bond donors (Lipinski definition) is 1. The molecule has 1 N–H and O–H groups in total. The fourth-order valence-electron chi connectivity index (χ4n) is 4.32. The molecule has 0 amide bonds. The molecule has 2 aliphatic rings. The maximum Gasteiger partial charge on any atom is 0.127 e. The van der Waals surface area contributed by atoms with Gasteiger partial charge in [-0.15, -0.1) is 0 Å². The van der Waals surface area contributed by atoms with Crippen molar-refractivity contribution in [3.8, 4) is 0 Å². The number of aryl methyl sites for hydroxylation is 1. The maximum atomic E-state index is 6.45. The van der Waals surface area contributed by atoms with Crippen molar-refractivity contribution in [2.24, 2.45) is 11.8 Å². The number of nitrogens with zero attached hydrogens (tertiary/aromatic N) is 2. The molecule has 3 unspecified atom stereocenters. The number of fused-ring (bicyclic) bond motifs is 2. The minimum atomic E-state index is 0.410. The van der Waals surface area contributed by atoms with Crippen molar-refractivity contribution in [3.63, 3.8) is 0 Å². The van der Waals surface area contributed by atoms with Crippen LogP contribution >= 0.6 is 11.6 Å². The molecule has 1 saturated heterocycles. The average molecular weight is 304 g/mol. The third kappa shape index (κ3) is 2.09. The smallest absolute Gasteiger partial charge is 0.127 e. The predicted octanol–water partition coefficient (Wildman–Crippen LogP) is 4.16. The molecule has 2 aromatic rings. The van der Waals surface area contributed by atoms with Crippen LogP contribution in [0.15, 0.2) is 18.2 Å². The predicted molar refractivity (Wildman–Crippen MR) is 86.6 cm³/mol. The molecule has 21 heavy (non-hydrogen) atoms. The number of nitrogens with one attached hydrogen (secondary N) is 1. The van der Waals surface area contributed by atoms with Crippen molar-refractivity contribution in [1.29, 1.82) is 0 Å². The van der Waals surface area contributed by atoms with E-state index in [1.165, 1.54) is 25.1 Å². The Morgan fingerprint density at radius 1 is 1.38 bits per heavy atom. The summed E-state index contributed by atoms with van der Waals surface area (Å²) in [5.41, 5.74) is 2.15. The third-order valence-corrected chi connectivity index (χ3v) is 5.52. The van der Waals surface area contributed by atoms with Gasteiger partial charge in [-0.1, -0.05) is 31.0 Å². The van der Waals surface area contributed by atoms with Crippen LogP contribution in [0.25, 0.3) is 11.0 Å². The van der Waals surface area contributed by atoms with Crippen LogP contribution in [0.2, 0.25) is 5.02 Å². The molecule has 2 heterocycles. The Hall–Kier alpha value is -1.06. The van der Waals surface area contributed by atoms with Crippen LogP contribution in [0.4, 0.5) is 0 Å². The number of hydrogen-bond acceptors (Lipinski definition) is 2. The maximum absolute atomic E-state index is 6.45. The summed E-state index contributed by atoms with van der Waals surface area (Å²) in [6.45, 7) is 4.36. The van der Waals surface area contributed by atoms with Gasteiger partial charge in [0.1, 0.15) is 5.82 Å². The van der Waals surface area contributed by atoms with Gasteiger partial charge < -0.3 is 9.88 Å². The summed E-state index contributed by atoms with van der Waals surface area (Å²) in [5.74, 6) is 2.81. The Balaban J connectivity index is 1.84. The lowest BCUT2D eigenvalue weighted by atomic mass is 9.93. The largest absolute Gasteiger partial charge is 0.325 e. The number of imidazole rings is 1. The Bertz CT molecular complexity index is 663. The van der Waals surface area contributed by atoms with Crippen molar-refractivity contribution in [2.75, 3.05) is 6.54 Å². The molecule has 2 fully saturated rings. The summed E-state index contributed by atoms with van der Waals surface area (Å²) in [6.07, 6.45) is 5.20. The normalized spacial score (nSPS) is 28.4. The summed E-state index contributed by atoms with van der Waals surface area (Å²) in [5, 5.41) is 4.55. The second-order valence-corrected chi connectivity index (χ2v) is 6.88. The first-order valence-corrected chi connectivity index (χ1v) is 8.55. The van der Waals surface area contributed by atoms with Crippen LogP contribution in [0.3, 0.4) is 0 Å². The van der Waals surface area contributed by atoms with E-state index in [0.29, 0.717) is 6.04 Å². The Kier molecular flexibility index (Phi) is 3.43. The molecule has 3 nitrogen and oxygen atoms in total. The van der Waals surface area contributed by atoms with Gasteiger partial charge in [-0.05, 0) is 49.8 Å². The molecule has 4 rings (SSSR count). The summed E-state index contributed by atoms with van der Waals surface area (Å²) in [4.78, 5) is 4.95. The molecule has 1 aromatic heterocycles. The van der Waals surface area contributed by atoms with Gasteiger partial charge in [0.15, 0.2) is 0 Å². The lowest BCUT2D eigenvalue weighted by Gasteiger charge is -2.19. The molecule has 1 aromatic carbocycles. The first-order valence-electron chi connectivity index (χ1n) is 8.17. The summed E-state index contributed by atoms with van der Waals surface area (Å²) >= 11 is 6.45. The van der Waals surface area contributed by atoms with Gasteiger partial charge in [0.2, 0.25) is 0 Å². The van der Waals surface area contributed by atoms with E-state index in [1.807, 2.05) is 12.1 Å². The minimum Gasteiger partial charge on any atom is -0.325 e. The highest BCUT2D eigenvalue weighted by Gasteiger charge is 2.41. The van der Waals surface area contributed by atoms with Crippen LogP contribution in [0.5, 0.6) is 0 Å². The molecule has 1 saturated carbocycles. The molecule has 1 aliphatic heterocycles. The zero-order valence-electron chi connectivity index (χ0n) is 12.5. The Morgan fingerprint density at radius 2 is 2.29 bits per heavy atom. The third-order valence-electron chi connectivity index (χ3n) is 5.22. The van der Waals surface area contributed by atoms with Crippen molar-refractivity contribution < 1.29 is 0 Å². The SMILES string of the molecule is CCCn1c(C2NCC3CCCC32)nc2cccc(Cl)c21. The van der Waals surface area contributed by atoms with Crippen LogP contribution in [-0.2, 0) is 6.54 Å². The molecular weight excluding hydrogens is 282 g/mol. The Morgan fingerprint density at radius 3 is 3.14 bits per heavy atom. The number of benzene rings is 1. The van der Waals surface area contributed by atoms with Crippen molar-refractivity contribution in [1.82, 2.24) is 14.9 Å². The lowest BCUT2D eigenvalue weighted by molar-refractivity contribution is 0.397. The van der Waals surface area contributed by atoms with Crippen molar-refractivity contribution in [2.45, 2.75) is 45.2 Å². The molecule has 1 aliphatic carbocycles. The fraction of sp³-hybridized carbons (Fsp3) is 0.588. The van der Waals surface area contributed by atoms with Gasteiger partial charge in [0.25, 0.3) is 0 Å². The molecule has 4 heteroatoms. The molecule has 3 atom stereocenters. The van der Waals surface area contributed by atoms with E-state index in [-0.39, 0.29) is 0 Å². The summed E-state index contributed by atoms with van der Waals surface area (Å²) < 4.78 is 2.36. The molecule has 0 radical (unpaired) electrons. The molecule has 112 valence electrons. The second kappa shape index (κ2) is 5.29. The highest BCUT2D eigenvalue weighted by Crippen LogP contribution is 2.44. The van der Waals surface area contributed by atoms with Gasteiger partial charge in [-0.2, -0.15) is 0 Å². The van der Waals surface area contributed by atoms with Gasteiger partial charge in [0.05, 0.1) is 22.1 Å². The van der Waals surface area contributed by atoms with Crippen LogP contribution < -0.4 is 5.32 Å². The van der Waals surface area contributed by atoms with E-state index in [1.54, 1.807) is 0 Å². The molecule has 0 spiro atoms. The van der Waals surface area contributed by atoms with E-state index in [2.05, 4.69) is 22.9 Å². The van der Waals surface area contributed by atoms with E-state index in [4.69, 9.17) is 16.6 Å². The monoisotopic (exact) mass is 303 g/mol. The van der Waals surface area contributed by atoms with Crippen LogP contribution in [0.1, 0.15) is 44.5 Å². The van der Waals surface area contributed by atoms with Crippen LogP contribution in [-0.4, -0.2) is 16.1 Å². The Labute approximate surface area is 130 Å². The summed E-state index contributed by atoms with van der Waals surface area (Å²) in [7, 11) is 0. The average Bonchev–Trinajstić information content (AvgIpc) is 3.13. The number of aromatic nitrogens is 2. The van der Waals surface area contributed by atoms with Gasteiger partial charge in [-0.3, -0.25) is 0 Å². The zero-order valence-corrected chi connectivity index (χ0v) is 13.2. The highest BCUT2D eigenvalue weighted by molar-refractivity contribution is 6.35. The van der Waals surface area contributed by atoms with E-state index < -0.39 is 0 Å². The van der Waals surface area contributed by atoms with E-state index in [0.717, 1.165) is 47.4 Å². The quantitative estimate of drug-likeness (QED) is 0.922. The van der Waals surface area contributed by atoms with Gasteiger partial charge >= 0.3 is 0 Å². The first-order chi connectivity index (χ1) is 10.3. The lowest BCUT2D eigenvalue weighted by Crippen LogP contribution is -2.22. The van der Waals surface area contributed by atoms with Crippen molar-refractivity contribution >= 4 is 22.6 Å². The van der Waals surface area contributed by atoms with Gasteiger partial charge in [0, 0.05) is 6.54 Å². The molecule has 0 bridgehead atoms. The van der Waals surface area contributed by atoms with Gasteiger partial charge in [-0.25, -0.2) is 4.98 Å². The zero-order chi connectivity index (χ0) is 14.4. The van der Waals surface area contributed by atoms with E-state index in [9.17, 15) is 0 Å². The second-order valence-electron chi connectivity index (χ2n) is 6.47. The number of para-hydroxylation sites is 1. The van der Waals surface area contributed by atoms with E-state index >= 15 is 0 Å². The van der Waals surface area contributed by atoms with Crippen LogP contribution in [0, 0.1) is 11.8 Å². The first kappa shape index (κ1) is 13.6. The standard InChI is InChI=1S/C17H22ClN3/c1-2-9-21-16-13(18)7-4-8-14(16)20-17(21)15-12-6-3-5-11(12)10-19-15/h4,7-8,11-12,15,19H,2-3,5-6,9-10H2,1H3.